The van der Waals surface area contributed by atoms with Gasteiger partial charge in [0.05, 0.1) is 25.1 Å². The number of carbonyl (C=O) groups is 1. The SMILES string of the molecule is COc1ccc(F)cc1[C@H](Cn1c(=O)n(C(C)C(=O)NC(C)C)c(=O)c2c(C)c(N=CC=CN)sc21)OC(C)C. The van der Waals surface area contributed by atoms with E-state index in [1.807, 2.05) is 13.8 Å². The van der Waals surface area contributed by atoms with Gasteiger partial charge in [-0.1, -0.05) is 11.3 Å². The molecule has 3 N–H and O–H groups in total. The second-order valence-electron chi connectivity index (χ2n) is 9.84. The molecule has 2 heterocycles. The van der Waals surface area contributed by atoms with Gasteiger partial charge < -0.3 is 20.5 Å². The Morgan fingerprint density at radius 2 is 1.93 bits per heavy atom. The van der Waals surface area contributed by atoms with E-state index in [4.69, 9.17) is 15.2 Å². The summed E-state index contributed by atoms with van der Waals surface area (Å²) >= 11 is 1.15. The van der Waals surface area contributed by atoms with Crippen molar-refractivity contribution < 1.29 is 18.7 Å². The molecule has 0 radical (unpaired) electrons. The number of fused-ring (bicyclic) bond motifs is 1. The summed E-state index contributed by atoms with van der Waals surface area (Å²) in [5, 5.41) is 3.52. The molecule has 0 saturated carbocycles. The van der Waals surface area contributed by atoms with Gasteiger partial charge in [0.1, 0.15) is 33.5 Å². The number of nitrogens with two attached hydrogens (primary N) is 1. The quantitative estimate of drug-likeness (QED) is 0.332. The van der Waals surface area contributed by atoms with E-state index >= 15 is 0 Å². The number of hydrogen-bond acceptors (Lipinski definition) is 8. The van der Waals surface area contributed by atoms with Crippen molar-refractivity contribution in [2.24, 2.45) is 10.7 Å². The van der Waals surface area contributed by atoms with Gasteiger partial charge in [0, 0.05) is 23.4 Å². The zero-order valence-corrected chi connectivity index (χ0v) is 24.5. The summed E-state index contributed by atoms with van der Waals surface area (Å²) in [6, 6.07) is 2.78. The minimum Gasteiger partial charge on any atom is -0.496 e. The molecule has 1 amide bonds. The summed E-state index contributed by atoms with van der Waals surface area (Å²) in [6.07, 6.45) is 3.23. The fraction of sp³-hybridized carbons (Fsp3) is 0.429. The maximum absolute atomic E-state index is 14.4. The van der Waals surface area contributed by atoms with Gasteiger partial charge in [0.2, 0.25) is 5.91 Å². The molecule has 10 nitrogen and oxygen atoms in total. The van der Waals surface area contributed by atoms with Gasteiger partial charge in [-0.3, -0.25) is 14.2 Å². The molecule has 3 aromatic rings. The van der Waals surface area contributed by atoms with E-state index in [2.05, 4.69) is 10.3 Å². The average molecular weight is 574 g/mol. The van der Waals surface area contributed by atoms with Gasteiger partial charge in [0.15, 0.2) is 0 Å². The highest BCUT2D eigenvalue weighted by Crippen LogP contribution is 2.37. The third kappa shape index (κ3) is 6.50. The van der Waals surface area contributed by atoms with Crippen LogP contribution in [-0.4, -0.2) is 40.5 Å². The Morgan fingerprint density at radius 3 is 2.52 bits per heavy atom. The van der Waals surface area contributed by atoms with Crippen molar-refractivity contribution in [1.82, 2.24) is 14.5 Å². The molecule has 2 aromatic heterocycles. The second kappa shape index (κ2) is 13.1. The average Bonchev–Trinajstić information content (AvgIpc) is 3.21. The number of aromatic nitrogens is 2. The highest BCUT2D eigenvalue weighted by molar-refractivity contribution is 7.22. The molecule has 0 aliphatic heterocycles. The second-order valence-corrected chi connectivity index (χ2v) is 10.8. The smallest absolute Gasteiger partial charge is 0.332 e. The lowest BCUT2D eigenvalue weighted by Crippen LogP contribution is -2.47. The van der Waals surface area contributed by atoms with Crippen LogP contribution >= 0.6 is 11.3 Å². The van der Waals surface area contributed by atoms with E-state index in [-0.39, 0.29) is 24.1 Å². The first-order valence-corrected chi connectivity index (χ1v) is 13.7. The fourth-order valence-corrected chi connectivity index (χ4v) is 5.48. The van der Waals surface area contributed by atoms with Gasteiger partial charge in [-0.2, -0.15) is 0 Å². The summed E-state index contributed by atoms with van der Waals surface area (Å²) in [6.45, 7) is 10.4. The molecule has 1 aromatic carbocycles. The molecule has 0 spiro atoms. The Balaban J connectivity index is 2.35. The van der Waals surface area contributed by atoms with E-state index < -0.39 is 35.1 Å². The summed E-state index contributed by atoms with van der Waals surface area (Å²) in [7, 11) is 1.46. The van der Waals surface area contributed by atoms with Crippen molar-refractivity contribution >= 4 is 38.7 Å². The number of benzene rings is 1. The predicted octanol–water partition coefficient (Wildman–Crippen LogP) is 4.11. The fourth-order valence-electron chi connectivity index (χ4n) is 4.33. The van der Waals surface area contributed by atoms with Crippen LogP contribution in [0, 0.1) is 12.7 Å². The number of hydrogen-bond donors (Lipinski definition) is 2. The monoisotopic (exact) mass is 573 g/mol. The van der Waals surface area contributed by atoms with Gasteiger partial charge >= 0.3 is 5.69 Å². The molecule has 12 heteroatoms. The highest BCUT2D eigenvalue weighted by Gasteiger charge is 2.28. The van der Waals surface area contributed by atoms with E-state index in [1.165, 1.54) is 55.3 Å². The van der Waals surface area contributed by atoms with Crippen LogP contribution in [0.1, 0.15) is 57.9 Å². The minimum atomic E-state index is -1.10. The van der Waals surface area contributed by atoms with E-state index in [9.17, 15) is 18.8 Å². The maximum atomic E-state index is 14.4. The van der Waals surface area contributed by atoms with Crippen molar-refractivity contribution in [2.75, 3.05) is 7.11 Å². The predicted molar refractivity (Wildman–Crippen MR) is 156 cm³/mol. The summed E-state index contributed by atoms with van der Waals surface area (Å²) in [4.78, 5) is 45.5. The van der Waals surface area contributed by atoms with Crippen LogP contribution < -0.4 is 27.0 Å². The van der Waals surface area contributed by atoms with Crippen molar-refractivity contribution in [3.05, 3.63) is 68.3 Å². The third-order valence-corrected chi connectivity index (χ3v) is 7.35. The Labute approximate surface area is 235 Å². The first kappa shape index (κ1) is 30.8. The van der Waals surface area contributed by atoms with Crippen molar-refractivity contribution in [3.8, 4) is 5.75 Å². The van der Waals surface area contributed by atoms with Gasteiger partial charge in [-0.15, -0.1) is 0 Å². The van der Waals surface area contributed by atoms with Gasteiger partial charge in [-0.05, 0) is 72.0 Å². The first-order chi connectivity index (χ1) is 18.9. The van der Waals surface area contributed by atoms with Crippen LogP contribution in [0.4, 0.5) is 9.39 Å². The number of ether oxygens (including phenoxy) is 2. The maximum Gasteiger partial charge on any atom is 0.332 e. The lowest BCUT2D eigenvalue weighted by atomic mass is 10.1. The normalized spacial score (nSPS) is 13.7. The van der Waals surface area contributed by atoms with Crippen LogP contribution in [0.2, 0.25) is 0 Å². The zero-order chi connectivity index (χ0) is 29.7. The number of rotatable bonds is 11. The number of amides is 1. The summed E-state index contributed by atoms with van der Waals surface area (Å²) < 4.78 is 28.4. The summed E-state index contributed by atoms with van der Waals surface area (Å²) in [5.41, 5.74) is 5.07. The Kier molecular flexibility index (Phi) is 10.0. The first-order valence-electron chi connectivity index (χ1n) is 12.9. The number of aliphatic imine (C=N–C) groups is 1. The topological polar surface area (TPSA) is 130 Å². The largest absolute Gasteiger partial charge is 0.496 e. The lowest BCUT2D eigenvalue weighted by Gasteiger charge is -2.25. The van der Waals surface area contributed by atoms with Crippen LogP contribution in [-0.2, 0) is 16.1 Å². The van der Waals surface area contributed by atoms with Crippen molar-refractivity contribution in [1.29, 1.82) is 0 Å². The molecule has 3 rings (SSSR count). The molecule has 0 aliphatic carbocycles. The standard InChI is InChI=1S/C28H36FN5O5S/c1-15(2)32-24(35)18(6)34-26(36)23-17(5)25(31-12-8-11-30)40-27(23)33(28(34)37)14-22(39-16(3)4)20-13-19(29)9-10-21(20)38-7/h8-13,15-16,18,22H,14,30H2,1-7H3,(H,32,35)/t18?,22-/m0/s1. The highest BCUT2D eigenvalue weighted by atomic mass is 32.1. The molecule has 2 atom stereocenters. The van der Waals surface area contributed by atoms with Crippen molar-refractivity contribution in [3.63, 3.8) is 0 Å². The Bertz CT molecular complexity index is 1550. The lowest BCUT2D eigenvalue weighted by molar-refractivity contribution is -0.124. The number of halogens is 1. The minimum absolute atomic E-state index is 0.0854. The molecule has 0 bridgehead atoms. The molecule has 216 valence electrons. The zero-order valence-electron chi connectivity index (χ0n) is 23.7. The number of carbonyl (C=O) groups excluding carboxylic acids is 1. The van der Waals surface area contributed by atoms with Gasteiger partial charge in [0.25, 0.3) is 5.56 Å². The van der Waals surface area contributed by atoms with Crippen LogP contribution in [0.15, 0.2) is 45.1 Å². The number of nitrogens with one attached hydrogen (secondary N) is 1. The van der Waals surface area contributed by atoms with Crippen LogP contribution in [0.25, 0.3) is 10.2 Å². The molecule has 0 aliphatic rings. The number of nitrogens with zero attached hydrogens (tertiary/aromatic N) is 3. The molecular weight excluding hydrogens is 537 g/mol. The van der Waals surface area contributed by atoms with Crippen LogP contribution in [0.5, 0.6) is 5.75 Å². The number of aryl methyl sites for hydroxylation is 1. The number of methoxy groups -OCH3 is 1. The number of allylic oxidation sites excluding steroid dienone is 1. The molecule has 1 unspecified atom stereocenters. The Morgan fingerprint density at radius 1 is 1.23 bits per heavy atom. The molecular formula is C28H36FN5O5S. The molecule has 40 heavy (non-hydrogen) atoms. The number of thiophene rings is 1. The van der Waals surface area contributed by atoms with Crippen molar-refractivity contribution in [2.45, 2.75) is 72.4 Å². The van der Waals surface area contributed by atoms with Crippen LogP contribution in [0.3, 0.4) is 0 Å². The molecule has 0 fully saturated rings. The molecule has 0 saturated heterocycles. The third-order valence-electron chi connectivity index (χ3n) is 6.13. The van der Waals surface area contributed by atoms with E-state index in [0.29, 0.717) is 26.7 Å². The van der Waals surface area contributed by atoms with E-state index in [0.717, 1.165) is 15.9 Å². The van der Waals surface area contributed by atoms with Gasteiger partial charge in [-0.25, -0.2) is 18.7 Å². The Hall–Kier alpha value is -3.77. The van der Waals surface area contributed by atoms with E-state index in [1.54, 1.807) is 20.8 Å². The summed E-state index contributed by atoms with van der Waals surface area (Å²) in [5.74, 6) is -0.581.